The van der Waals surface area contributed by atoms with Crippen LogP contribution in [0.3, 0.4) is 0 Å². The molecule has 158 valence electrons. The van der Waals surface area contributed by atoms with Gasteiger partial charge in [-0.2, -0.15) is 0 Å². The Morgan fingerprint density at radius 3 is 2.42 bits per heavy atom. The van der Waals surface area contributed by atoms with E-state index in [0.717, 1.165) is 5.56 Å². The fraction of sp³-hybridized carbons (Fsp3) is 0.0870. The number of rotatable bonds is 6. The van der Waals surface area contributed by atoms with Crippen LogP contribution in [0.15, 0.2) is 83.9 Å². The summed E-state index contributed by atoms with van der Waals surface area (Å²) >= 11 is 6.27. The number of amides is 1. The molecular weight excluding hydrogens is 439 g/mol. The van der Waals surface area contributed by atoms with Crippen molar-refractivity contribution in [2.45, 2.75) is 11.4 Å². The number of hydrogen-bond acceptors (Lipinski definition) is 3. The van der Waals surface area contributed by atoms with Gasteiger partial charge in [-0.05, 0) is 29.8 Å². The first kappa shape index (κ1) is 21.1. The summed E-state index contributed by atoms with van der Waals surface area (Å²) in [6.45, 7) is 0.372. The zero-order chi connectivity index (χ0) is 22.0. The Balaban J connectivity index is 1.66. The zero-order valence-corrected chi connectivity index (χ0v) is 17.8. The molecule has 0 aliphatic carbocycles. The molecule has 1 aromatic heterocycles. The van der Waals surface area contributed by atoms with Crippen molar-refractivity contribution in [1.82, 2.24) is 4.57 Å². The van der Waals surface area contributed by atoms with Gasteiger partial charge in [0.25, 0.3) is 0 Å². The monoisotopic (exact) mass is 456 g/mol. The standard InChI is InChI=1S/C23H18ClFN2O3S/c24-18-9-3-1-7-16(18)13-27-14-22(17-8-2-6-12-21(17)27)31(29,30)15-23(28)26-20-11-5-4-10-19(20)25/h1-12,14H,13,15H2,(H,26,28). The molecule has 5 nitrogen and oxygen atoms in total. The number of aromatic nitrogens is 1. The molecule has 8 heteroatoms. The molecule has 0 spiro atoms. The number of nitrogens with zero attached hydrogens (tertiary/aromatic N) is 1. The molecule has 0 unspecified atom stereocenters. The number of benzene rings is 3. The summed E-state index contributed by atoms with van der Waals surface area (Å²) in [6.07, 6.45) is 1.51. The van der Waals surface area contributed by atoms with Crippen molar-refractivity contribution in [1.29, 1.82) is 0 Å². The van der Waals surface area contributed by atoms with Gasteiger partial charge in [-0.15, -0.1) is 0 Å². The Labute approximate surface area is 184 Å². The molecule has 31 heavy (non-hydrogen) atoms. The number of anilines is 1. The lowest BCUT2D eigenvalue weighted by atomic mass is 10.2. The van der Waals surface area contributed by atoms with Crippen molar-refractivity contribution < 1.29 is 17.6 Å². The summed E-state index contributed by atoms with van der Waals surface area (Å²) in [5.41, 5.74) is 1.48. The van der Waals surface area contributed by atoms with Gasteiger partial charge in [0.15, 0.2) is 9.84 Å². The first-order valence-electron chi connectivity index (χ1n) is 9.43. The van der Waals surface area contributed by atoms with Gasteiger partial charge in [0.05, 0.1) is 10.6 Å². The Hall–Kier alpha value is -3.16. The van der Waals surface area contributed by atoms with Gasteiger partial charge >= 0.3 is 0 Å². The van der Waals surface area contributed by atoms with Crippen LogP contribution < -0.4 is 5.32 Å². The number of carbonyl (C=O) groups is 1. The highest BCUT2D eigenvalue weighted by Gasteiger charge is 2.25. The summed E-state index contributed by atoms with van der Waals surface area (Å²) in [7, 11) is -3.99. The van der Waals surface area contributed by atoms with Gasteiger partial charge in [0.2, 0.25) is 5.91 Å². The normalized spacial score (nSPS) is 11.5. The second-order valence-electron chi connectivity index (χ2n) is 7.02. The Bertz CT molecular complexity index is 1380. The van der Waals surface area contributed by atoms with E-state index in [1.54, 1.807) is 28.8 Å². The Morgan fingerprint density at radius 1 is 0.968 bits per heavy atom. The lowest BCUT2D eigenvalue weighted by molar-refractivity contribution is -0.113. The molecule has 1 heterocycles. The molecule has 0 fully saturated rings. The maximum absolute atomic E-state index is 13.8. The van der Waals surface area contributed by atoms with Crippen molar-refractivity contribution in [3.63, 3.8) is 0 Å². The minimum absolute atomic E-state index is 0.0406. The molecule has 0 aliphatic heterocycles. The van der Waals surface area contributed by atoms with Crippen LogP contribution in [-0.2, 0) is 21.2 Å². The number of sulfone groups is 1. The number of hydrogen-bond donors (Lipinski definition) is 1. The lowest BCUT2D eigenvalue weighted by Gasteiger charge is -2.07. The molecule has 0 saturated carbocycles. The molecule has 3 aromatic carbocycles. The fourth-order valence-corrected chi connectivity index (χ4v) is 4.96. The summed E-state index contributed by atoms with van der Waals surface area (Å²) in [6, 6.07) is 20.0. The maximum Gasteiger partial charge on any atom is 0.240 e. The third-order valence-electron chi connectivity index (χ3n) is 4.85. The second-order valence-corrected chi connectivity index (χ2v) is 9.38. The van der Waals surface area contributed by atoms with E-state index in [1.165, 1.54) is 24.4 Å². The van der Waals surface area contributed by atoms with Crippen LogP contribution in [0.2, 0.25) is 5.02 Å². The number of para-hydroxylation sites is 2. The second kappa shape index (κ2) is 8.53. The van der Waals surface area contributed by atoms with Crippen molar-refractivity contribution in [2.24, 2.45) is 0 Å². The molecule has 4 aromatic rings. The van der Waals surface area contributed by atoms with Crippen LogP contribution in [-0.4, -0.2) is 24.6 Å². The summed E-state index contributed by atoms with van der Waals surface area (Å²) in [5.74, 6) is -2.25. The Kier molecular flexibility index (Phi) is 5.80. The predicted molar refractivity (Wildman–Crippen MR) is 120 cm³/mol. The quantitative estimate of drug-likeness (QED) is 0.449. The molecule has 0 radical (unpaired) electrons. The number of carbonyl (C=O) groups excluding carboxylic acids is 1. The van der Waals surface area contributed by atoms with Crippen LogP contribution >= 0.6 is 11.6 Å². The highest BCUT2D eigenvalue weighted by molar-refractivity contribution is 7.92. The van der Waals surface area contributed by atoms with E-state index >= 15 is 0 Å². The van der Waals surface area contributed by atoms with Crippen LogP contribution in [0.1, 0.15) is 5.56 Å². The highest BCUT2D eigenvalue weighted by Crippen LogP contribution is 2.28. The zero-order valence-electron chi connectivity index (χ0n) is 16.3. The van der Waals surface area contributed by atoms with Gasteiger partial charge in [-0.25, -0.2) is 12.8 Å². The van der Waals surface area contributed by atoms with E-state index in [2.05, 4.69) is 5.32 Å². The summed E-state index contributed by atoms with van der Waals surface area (Å²) < 4.78 is 41.7. The van der Waals surface area contributed by atoms with E-state index in [9.17, 15) is 17.6 Å². The molecule has 0 bridgehead atoms. The van der Waals surface area contributed by atoms with Crippen molar-refractivity contribution in [3.05, 3.63) is 95.4 Å². The number of nitrogens with one attached hydrogen (secondary N) is 1. The van der Waals surface area contributed by atoms with Gasteiger partial charge in [-0.3, -0.25) is 4.79 Å². The van der Waals surface area contributed by atoms with Gasteiger partial charge in [0.1, 0.15) is 11.6 Å². The number of halogens is 2. The van der Waals surface area contributed by atoms with Crippen LogP contribution in [0.5, 0.6) is 0 Å². The molecule has 1 amide bonds. The van der Waals surface area contributed by atoms with Crippen LogP contribution in [0, 0.1) is 5.82 Å². The van der Waals surface area contributed by atoms with Gasteiger partial charge in [-0.1, -0.05) is 60.1 Å². The summed E-state index contributed by atoms with van der Waals surface area (Å²) in [5, 5.41) is 3.41. The first-order valence-corrected chi connectivity index (χ1v) is 11.5. The SMILES string of the molecule is O=C(CS(=O)(=O)c1cn(Cc2ccccc2Cl)c2ccccc12)Nc1ccccc1F. The Morgan fingerprint density at radius 2 is 1.65 bits per heavy atom. The first-order chi connectivity index (χ1) is 14.8. The molecular formula is C23H18ClFN2O3S. The van der Waals surface area contributed by atoms with E-state index in [-0.39, 0.29) is 10.6 Å². The lowest BCUT2D eigenvalue weighted by Crippen LogP contribution is -2.23. The average molecular weight is 457 g/mol. The third kappa shape index (κ3) is 4.47. The van der Waals surface area contributed by atoms with E-state index in [4.69, 9.17) is 11.6 Å². The smallest absolute Gasteiger partial charge is 0.240 e. The van der Waals surface area contributed by atoms with Gasteiger partial charge < -0.3 is 9.88 Å². The minimum atomic E-state index is -3.99. The topological polar surface area (TPSA) is 68.2 Å². The van der Waals surface area contributed by atoms with Gasteiger partial charge in [0, 0.05) is 28.7 Å². The highest BCUT2D eigenvalue weighted by atomic mass is 35.5. The van der Waals surface area contributed by atoms with Crippen molar-refractivity contribution in [2.75, 3.05) is 11.1 Å². The van der Waals surface area contributed by atoms with Crippen LogP contribution in [0.25, 0.3) is 10.9 Å². The average Bonchev–Trinajstić information content (AvgIpc) is 3.11. The maximum atomic E-state index is 13.8. The van der Waals surface area contributed by atoms with E-state index < -0.39 is 27.3 Å². The molecule has 4 rings (SSSR count). The largest absolute Gasteiger partial charge is 0.342 e. The van der Waals surface area contributed by atoms with Crippen molar-refractivity contribution in [3.8, 4) is 0 Å². The van der Waals surface area contributed by atoms with Crippen LogP contribution in [0.4, 0.5) is 10.1 Å². The fourth-order valence-electron chi connectivity index (χ4n) is 3.40. The molecule has 0 saturated heterocycles. The molecule has 0 atom stereocenters. The molecule has 1 N–H and O–H groups in total. The summed E-state index contributed by atoms with van der Waals surface area (Å²) in [4.78, 5) is 12.4. The minimum Gasteiger partial charge on any atom is -0.342 e. The van der Waals surface area contributed by atoms with Crippen molar-refractivity contribution >= 4 is 43.9 Å². The predicted octanol–water partition coefficient (Wildman–Crippen LogP) is 4.89. The van der Waals surface area contributed by atoms with E-state index in [0.29, 0.717) is 22.5 Å². The number of fused-ring (bicyclic) bond motifs is 1. The van der Waals surface area contributed by atoms with E-state index in [1.807, 2.05) is 30.3 Å². The third-order valence-corrected chi connectivity index (χ3v) is 6.86. The molecule has 0 aliphatic rings.